The van der Waals surface area contributed by atoms with Crippen LogP contribution in [0.4, 0.5) is 0 Å². The number of carbonyl (C=O) groups is 1. The standard InChI is InChI=1S/C9H4BrCl2N3O/c10-3-1-4-6(12)8(9(13)16)15-14-7(4)5(11)2-3/h1-2H,(H2,13,16). The van der Waals surface area contributed by atoms with Gasteiger partial charge in [-0.1, -0.05) is 39.1 Å². The van der Waals surface area contributed by atoms with Gasteiger partial charge in [-0.25, -0.2) is 0 Å². The molecule has 82 valence electrons. The maximum Gasteiger partial charge on any atom is 0.270 e. The Labute approximate surface area is 109 Å². The fraction of sp³-hybridized carbons (Fsp3) is 0. The number of amides is 1. The summed E-state index contributed by atoms with van der Waals surface area (Å²) in [6.45, 7) is 0. The molecule has 0 bridgehead atoms. The highest BCUT2D eigenvalue weighted by atomic mass is 79.9. The molecule has 0 aliphatic rings. The van der Waals surface area contributed by atoms with Crippen LogP contribution in [0.5, 0.6) is 0 Å². The highest BCUT2D eigenvalue weighted by Gasteiger charge is 2.15. The normalized spacial score (nSPS) is 10.7. The predicted molar refractivity (Wildman–Crippen MR) is 65.8 cm³/mol. The van der Waals surface area contributed by atoms with E-state index in [2.05, 4.69) is 26.1 Å². The van der Waals surface area contributed by atoms with E-state index in [0.29, 0.717) is 15.9 Å². The molecular weight excluding hydrogens is 317 g/mol. The number of carbonyl (C=O) groups excluding carboxylic acids is 1. The minimum atomic E-state index is -0.726. The summed E-state index contributed by atoms with van der Waals surface area (Å²) >= 11 is 15.2. The Bertz CT molecular complexity index is 603. The molecule has 0 saturated heterocycles. The van der Waals surface area contributed by atoms with E-state index in [1.807, 2.05) is 0 Å². The van der Waals surface area contributed by atoms with Gasteiger partial charge in [0.15, 0.2) is 5.69 Å². The average molecular weight is 321 g/mol. The molecule has 2 rings (SSSR count). The predicted octanol–water partition coefficient (Wildman–Crippen LogP) is 2.80. The van der Waals surface area contributed by atoms with E-state index in [1.165, 1.54) is 0 Å². The van der Waals surface area contributed by atoms with Crippen LogP contribution in [0, 0.1) is 0 Å². The Kier molecular flexibility index (Phi) is 3.01. The number of nitrogens with two attached hydrogens (primary N) is 1. The van der Waals surface area contributed by atoms with Crippen LogP contribution in [0.1, 0.15) is 10.5 Å². The first kappa shape index (κ1) is 11.6. The van der Waals surface area contributed by atoms with E-state index in [9.17, 15) is 4.79 Å². The fourth-order valence-electron chi connectivity index (χ4n) is 1.26. The van der Waals surface area contributed by atoms with Gasteiger partial charge in [0.2, 0.25) is 0 Å². The Morgan fingerprint density at radius 3 is 2.62 bits per heavy atom. The molecular formula is C9H4BrCl2N3O. The highest BCUT2D eigenvalue weighted by molar-refractivity contribution is 9.10. The van der Waals surface area contributed by atoms with Crippen LogP contribution < -0.4 is 5.73 Å². The number of rotatable bonds is 1. The van der Waals surface area contributed by atoms with Gasteiger partial charge in [0, 0.05) is 9.86 Å². The molecule has 1 amide bonds. The van der Waals surface area contributed by atoms with E-state index in [-0.39, 0.29) is 10.7 Å². The van der Waals surface area contributed by atoms with Gasteiger partial charge in [-0.3, -0.25) is 4.79 Å². The zero-order chi connectivity index (χ0) is 11.9. The molecule has 0 saturated carbocycles. The third-order valence-electron chi connectivity index (χ3n) is 1.96. The van der Waals surface area contributed by atoms with Gasteiger partial charge < -0.3 is 5.73 Å². The van der Waals surface area contributed by atoms with Crippen LogP contribution in [0.2, 0.25) is 10.0 Å². The Morgan fingerprint density at radius 2 is 2.00 bits per heavy atom. The summed E-state index contributed by atoms with van der Waals surface area (Å²) < 4.78 is 0.732. The molecule has 0 atom stereocenters. The average Bonchev–Trinajstić information content (AvgIpc) is 2.19. The number of fused-ring (bicyclic) bond motifs is 1. The lowest BCUT2D eigenvalue weighted by Crippen LogP contribution is -2.14. The quantitative estimate of drug-likeness (QED) is 0.878. The molecule has 0 aliphatic heterocycles. The number of hydrogen-bond donors (Lipinski definition) is 1. The van der Waals surface area contributed by atoms with Crippen molar-refractivity contribution in [1.82, 2.24) is 10.2 Å². The Hall–Kier alpha value is -0.910. The van der Waals surface area contributed by atoms with Crippen molar-refractivity contribution in [2.45, 2.75) is 0 Å². The number of primary amides is 1. The summed E-state index contributed by atoms with van der Waals surface area (Å²) in [7, 11) is 0. The number of benzene rings is 1. The minimum absolute atomic E-state index is 0.0664. The SMILES string of the molecule is NC(=O)c1nnc2c(Cl)cc(Br)cc2c1Cl. The van der Waals surface area contributed by atoms with Crippen molar-refractivity contribution in [3.05, 3.63) is 32.3 Å². The summed E-state index contributed by atoms with van der Waals surface area (Å²) in [5.41, 5.74) is 5.48. The number of hydrogen-bond acceptors (Lipinski definition) is 3. The van der Waals surface area contributed by atoms with Crippen molar-refractivity contribution in [3.63, 3.8) is 0 Å². The molecule has 16 heavy (non-hydrogen) atoms. The Morgan fingerprint density at radius 1 is 1.31 bits per heavy atom. The second kappa shape index (κ2) is 4.16. The van der Waals surface area contributed by atoms with Crippen LogP contribution >= 0.6 is 39.1 Å². The second-order valence-corrected chi connectivity index (χ2v) is 4.71. The summed E-state index contributed by atoms with van der Waals surface area (Å²) in [5.74, 6) is -0.726. The second-order valence-electron chi connectivity index (χ2n) is 3.01. The first-order valence-corrected chi connectivity index (χ1v) is 5.66. The topological polar surface area (TPSA) is 68.9 Å². The van der Waals surface area contributed by atoms with Gasteiger partial charge in [0.1, 0.15) is 5.52 Å². The van der Waals surface area contributed by atoms with Crippen molar-refractivity contribution in [2.75, 3.05) is 0 Å². The zero-order valence-corrected chi connectivity index (χ0v) is 10.8. The molecule has 4 nitrogen and oxygen atoms in total. The number of aromatic nitrogens is 2. The first-order valence-electron chi connectivity index (χ1n) is 4.11. The molecule has 2 aromatic rings. The smallest absolute Gasteiger partial charge is 0.270 e. The third-order valence-corrected chi connectivity index (χ3v) is 3.08. The molecule has 0 radical (unpaired) electrons. The van der Waals surface area contributed by atoms with E-state index in [0.717, 1.165) is 4.47 Å². The van der Waals surface area contributed by atoms with Gasteiger partial charge in [0.05, 0.1) is 10.0 Å². The van der Waals surface area contributed by atoms with Crippen molar-refractivity contribution in [1.29, 1.82) is 0 Å². The molecule has 2 N–H and O–H groups in total. The van der Waals surface area contributed by atoms with Crippen LogP contribution in [0.15, 0.2) is 16.6 Å². The number of halogens is 3. The maximum atomic E-state index is 11.0. The van der Waals surface area contributed by atoms with Crippen LogP contribution in [0.3, 0.4) is 0 Å². The van der Waals surface area contributed by atoms with Gasteiger partial charge in [-0.15, -0.1) is 10.2 Å². The highest BCUT2D eigenvalue weighted by Crippen LogP contribution is 2.31. The van der Waals surface area contributed by atoms with Crippen molar-refractivity contribution >= 4 is 55.9 Å². The van der Waals surface area contributed by atoms with Crippen LogP contribution in [0.25, 0.3) is 10.9 Å². The zero-order valence-electron chi connectivity index (χ0n) is 7.67. The van der Waals surface area contributed by atoms with Crippen LogP contribution in [-0.4, -0.2) is 16.1 Å². The summed E-state index contributed by atoms with van der Waals surface area (Å²) in [6.07, 6.45) is 0. The van der Waals surface area contributed by atoms with Gasteiger partial charge in [-0.2, -0.15) is 0 Å². The minimum Gasteiger partial charge on any atom is -0.364 e. The summed E-state index contributed by atoms with van der Waals surface area (Å²) in [5, 5.41) is 8.54. The van der Waals surface area contributed by atoms with E-state index in [1.54, 1.807) is 12.1 Å². The lowest BCUT2D eigenvalue weighted by atomic mass is 10.2. The lowest BCUT2D eigenvalue weighted by molar-refractivity contribution is 0.0995. The molecule has 1 aromatic heterocycles. The Balaban J connectivity index is 2.89. The first-order chi connectivity index (χ1) is 7.50. The molecule has 0 fully saturated rings. The molecule has 0 spiro atoms. The van der Waals surface area contributed by atoms with Crippen LogP contribution in [-0.2, 0) is 0 Å². The van der Waals surface area contributed by atoms with E-state index >= 15 is 0 Å². The van der Waals surface area contributed by atoms with Crippen molar-refractivity contribution < 1.29 is 4.79 Å². The summed E-state index contributed by atoms with van der Waals surface area (Å²) in [4.78, 5) is 11.0. The van der Waals surface area contributed by atoms with Crippen molar-refractivity contribution in [3.8, 4) is 0 Å². The fourth-order valence-corrected chi connectivity index (χ4v) is 2.39. The molecule has 0 unspecified atom stereocenters. The van der Waals surface area contributed by atoms with Gasteiger partial charge >= 0.3 is 0 Å². The van der Waals surface area contributed by atoms with Crippen molar-refractivity contribution in [2.24, 2.45) is 5.73 Å². The molecule has 1 heterocycles. The largest absolute Gasteiger partial charge is 0.364 e. The van der Waals surface area contributed by atoms with Gasteiger partial charge in [0.25, 0.3) is 5.91 Å². The van der Waals surface area contributed by atoms with Gasteiger partial charge in [-0.05, 0) is 12.1 Å². The van der Waals surface area contributed by atoms with E-state index in [4.69, 9.17) is 28.9 Å². The third kappa shape index (κ3) is 1.86. The number of nitrogens with zero attached hydrogens (tertiary/aromatic N) is 2. The lowest BCUT2D eigenvalue weighted by Gasteiger charge is -2.04. The summed E-state index contributed by atoms with van der Waals surface area (Å²) in [6, 6.07) is 3.36. The monoisotopic (exact) mass is 319 g/mol. The molecule has 1 aromatic carbocycles. The molecule has 0 aliphatic carbocycles. The maximum absolute atomic E-state index is 11.0. The molecule has 7 heteroatoms. The van der Waals surface area contributed by atoms with E-state index < -0.39 is 5.91 Å².